The third-order valence-corrected chi connectivity index (χ3v) is 3.81. The van der Waals surface area contributed by atoms with Crippen LogP contribution in [0.4, 0.5) is 0 Å². The Hall–Kier alpha value is -2.88. The Kier molecular flexibility index (Phi) is 6.56. The summed E-state index contributed by atoms with van der Waals surface area (Å²) in [6.07, 6.45) is -1.33. The molecule has 0 radical (unpaired) electrons. The number of esters is 1. The van der Waals surface area contributed by atoms with E-state index in [9.17, 15) is 19.8 Å². The summed E-state index contributed by atoms with van der Waals surface area (Å²) in [5, 5.41) is 20.4. The number of ether oxygens (including phenoxy) is 4. The fourth-order valence-electron chi connectivity index (χ4n) is 2.29. The van der Waals surface area contributed by atoms with Gasteiger partial charge in [0, 0.05) is 12.7 Å². The lowest BCUT2D eigenvalue weighted by Crippen LogP contribution is -2.46. The molecule has 0 aliphatic carbocycles. The van der Waals surface area contributed by atoms with Crippen LogP contribution in [-0.2, 0) is 26.7 Å². The van der Waals surface area contributed by atoms with E-state index < -0.39 is 17.9 Å². The van der Waals surface area contributed by atoms with E-state index in [1.54, 1.807) is 12.1 Å². The van der Waals surface area contributed by atoms with Crippen LogP contribution in [0.15, 0.2) is 34.7 Å². The number of hydrogen-bond acceptors (Lipinski definition) is 9. The number of aliphatic hydroxyl groups excluding tert-OH is 1. The first-order valence-corrected chi connectivity index (χ1v) is 7.78. The number of benzene rings is 1. The Balaban J connectivity index is 2.16. The SMILES string of the molecule is COC(=O)C(O)C(O)(OC)c1ccc(COc2ccc(C=O)cc2OC)o1. The Morgan fingerprint density at radius 2 is 1.96 bits per heavy atom. The summed E-state index contributed by atoms with van der Waals surface area (Å²) < 4.78 is 25.5. The predicted octanol–water partition coefficient (Wildman–Crippen LogP) is 1.01. The molecule has 9 nitrogen and oxygen atoms in total. The smallest absolute Gasteiger partial charge is 0.340 e. The van der Waals surface area contributed by atoms with Gasteiger partial charge in [-0.1, -0.05) is 0 Å². The highest BCUT2D eigenvalue weighted by molar-refractivity contribution is 5.76. The number of aldehydes is 1. The fourth-order valence-corrected chi connectivity index (χ4v) is 2.29. The Morgan fingerprint density at radius 3 is 2.56 bits per heavy atom. The zero-order valence-corrected chi connectivity index (χ0v) is 15.0. The van der Waals surface area contributed by atoms with Gasteiger partial charge in [-0.05, 0) is 30.3 Å². The minimum absolute atomic E-state index is 0.0507. The van der Waals surface area contributed by atoms with Gasteiger partial charge in [0.05, 0.1) is 14.2 Å². The van der Waals surface area contributed by atoms with E-state index in [0.717, 1.165) is 14.2 Å². The molecular weight excluding hydrogens is 360 g/mol. The van der Waals surface area contributed by atoms with Gasteiger partial charge in [0.2, 0.25) is 6.10 Å². The number of carbonyl (C=O) groups excluding carboxylic acids is 2. The van der Waals surface area contributed by atoms with Crippen molar-refractivity contribution in [3.63, 3.8) is 0 Å². The molecule has 1 aromatic heterocycles. The number of furan rings is 1. The highest BCUT2D eigenvalue weighted by Gasteiger charge is 2.46. The van der Waals surface area contributed by atoms with Crippen LogP contribution >= 0.6 is 0 Å². The van der Waals surface area contributed by atoms with Crippen molar-refractivity contribution < 1.29 is 43.2 Å². The van der Waals surface area contributed by atoms with Crippen LogP contribution < -0.4 is 9.47 Å². The third-order valence-electron chi connectivity index (χ3n) is 3.81. The van der Waals surface area contributed by atoms with Crippen molar-refractivity contribution in [1.29, 1.82) is 0 Å². The summed E-state index contributed by atoms with van der Waals surface area (Å²) in [6, 6.07) is 7.47. The zero-order chi connectivity index (χ0) is 20.0. The largest absolute Gasteiger partial charge is 0.493 e. The maximum atomic E-state index is 11.5. The lowest BCUT2D eigenvalue weighted by Gasteiger charge is -2.27. The number of rotatable bonds is 9. The molecule has 146 valence electrons. The molecule has 2 unspecified atom stereocenters. The molecule has 0 fully saturated rings. The van der Waals surface area contributed by atoms with Gasteiger partial charge in [-0.25, -0.2) is 4.79 Å². The number of carbonyl (C=O) groups is 2. The lowest BCUT2D eigenvalue weighted by molar-refractivity contribution is -0.262. The normalized spacial score (nSPS) is 14.1. The average Bonchev–Trinajstić information content (AvgIpc) is 3.19. The highest BCUT2D eigenvalue weighted by atomic mass is 16.6. The van der Waals surface area contributed by atoms with E-state index in [2.05, 4.69) is 4.74 Å². The van der Waals surface area contributed by atoms with Crippen molar-refractivity contribution in [1.82, 2.24) is 0 Å². The zero-order valence-electron chi connectivity index (χ0n) is 15.0. The van der Waals surface area contributed by atoms with Gasteiger partial charge in [-0.3, -0.25) is 4.79 Å². The van der Waals surface area contributed by atoms with Gasteiger partial charge < -0.3 is 33.6 Å². The van der Waals surface area contributed by atoms with Gasteiger partial charge >= 0.3 is 5.97 Å². The van der Waals surface area contributed by atoms with Crippen molar-refractivity contribution in [2.45, 2.75) is 18.5 Å². The van der Waals surface area contributed by atoms with Crippen molar-refractivity contribution >= 4 is 12.3 Å². The molecule has 1 heterocycles. The highest BCUT2D eigenvalue weighted by Crippen LogP contribution is 2.31. The molecule has 0 bridgehead atoms. The molecule has 1 aromatic carbocycles. The molecule has 27 heavy (non-hydrogen) atoms. The minimum atomic E-state index is -2.42. The van der Waals surface area contributed by atoms with Gasteiger partial charge in [-0.15, -0.1) is 0 Å². The molecule has 9 heteroatoms. The summed E-state index contributed by atoms with van der Waals surface area (Å²) >= 11 is 0. The summed E-state index contributed by atoms with van der Waals surface area (Å²) in [5.74, 6) is -2.70. The second kappa shape index (κ2) is 8.67. The third kappa shape index (κ3) is 4.27. The molecule has 0 spiro atoms. The molecule has 2 atom stereocenters. The maximum absolute atomic E-state index is 11.5. The summed E-state index contributed by atoms with van der Waals surface area (Å²) in [6.45, 7) is -0.0507. The van der Waals surface area contributed by atoms with Crippen molar-refractivity contribution in [2.75, 3.05) is 21.3 Å². The summed E-state index contributed by atoms with van der Waals surface area (Å²) in [5.41, 5.74) is 0.432. The van der Waals surface area contributed by atoms with E-state index in [-0.39, 0.29) is 18.1 Å². The first-order chi connectivity index (χ1) is 12.9. The van der Waals surface area contributed by atoms with E-state index >= 15 is 0 Å². The quantitative estimate of drug-likeness (QED) is 0.372. The molecule has 0 aliphatic heterocycles. The van der Waals surface area contributed by atoms with Crippen LogP contribution in [0, 0.1) is 0 Å². The van der Waals surface area contributed by atoms with Gasteiger partial charge in [-0.2, -0.15) is 0 Å². The molecule has 0 saturated heterocycles. The predicted molar refractivity (Wildman–Crippen MR) is 90.4 cm³/mol. The maximum Gasteiger partial charge on any atom is 0.340 e. The molecule has 2 N–H and O–H groups in total. The average molecular weight is 380 g/mol. The molecule has 0 amide bonds. The molecular formula is C18H20O9. The van der Waals surface area contributed by atoms with Crippen LogP contribution in [-0.4, -0.2) is 49.9 Å². The van der Waals surface area contributed by atoms with Crippen LogP contribution in [0.5, 0.6) is 11.5 Å². The van der Waals surface area contributed by atoms with Gasteiger partial charge in [0.25, 0.3) is 5.79 Å². The van der Waals surface area contributed by atoms with Crippen LogP contribution in [0.25, 0.3) is 0 Å². The van der Waals surface area contributed by atoms with E-state index in [1.807, 2.05) is 0 Å². The number of aliphatic hydroxyl groups is 2. The van der Waals surface area contributed by atoms with Crippen molar-refractivity contribution in [3.05, 3.63) is 47.4 Å². The van der Waals surface area contributed by atoms with Crippen LogP contribution in [0.3, 0.4) is 0 Å². The fraction of sp³-hybridized carbons (Fsp3) is 0.333. The Bertz CT molecular complexity index is 798. The lowest BCUT2D eigenvalue weighted by atomic mass is 10.1. The molecule has 2 aromatic rings. The van der Waals surface area contributed by atoms with Crippen LogP contribution in [0.1, 0.15) is 21.9 Å². The van der Waals surface area contributed by atoms with Crippen LogP contribution in [0.2, 0.25) is 0 Å². The van der Waals surface area contributed by atoms with Crippen molar-refractivity contribution in [3.8, 4) is 11.5 Å². The Labute approximate surface area is 155 Å². The molecule has 2 rings (SSSR count). The first-order valence-electron chi connectivity index (χ1n) is 7.78. The monoisotopic (exact) mass is 380 g/mol. The summed E-state index contributed by atoms with van der Waals surface area (Å²) in [7, 11) is 3.60. The van der Waals surface area contributed by atoms with Crippen molar-refractivity contribution in [2.24, 2.45) is 0 Å². The molecule has 0 aliphatic rings. The van der Waals surface area contributed by atoms with Gasteiger partial charge in [0.1, 0.15) is 18.7 Å². The molecule has 0 saturated carbocycles. The number of hydrogen-bond donors (Lipinski definition) is 2. The standard InChI is InChI=1S/C18H20O9/c1-23-14-8-11(9-19)4-6-13(14)26-10-12-5-7-15(27-12)18(22,25-3)16(20)17(21)24-2/h4-9,16,20,22H,10H2,1-3H3. The minimum Gasteiger partial charge on any atom is -0.493 e. The van der Waals surface area contributed by atoms with Gasteiger partial charge in [0.15, 0.2) is 17.3 Å². The second-order valence-electron chi connectivity index (χ2n) is 5.41. The topological polar surface area (TPSA) is 125 Å². The Morgan fingerprint density at radius 1 is 1.22 bits per heavy atom. The van der Waals surface area contributed by atoms with E-state index in [0.29, 0.717) is 23.3 Å². The van der Waals surface area contributed by atoms with E-state index in [1.165, 1.54) is 25.3 Å². The van der Waals surface area contributed by atoms with E-state index in [4.69, 9.17) is 18.6 Å². The number of methoxy groups -OCH3 is 3. The second-order valence-corrected chi connectivity index (χ2v) is 5.41. The summed E-state index contributed by atoms with van der Waals surface area (Å²) in [4.78, 5) is 22.3. The first kappa shape index (κ1) is 20.4.